The third-order valence-corrected chi connectivity index (χ3v) is 9.12. The number of nitrogens with zero attached hydrogens (tertiary/aromatic N) is 3. The van der Waals surface area contributed by atoms with Crippen LogP contribution >= 0.6 is 0 Å². The largest absolute Gasteiger partial charge is 0.456 e. The van der Waals surface area contributed by atoms with Gasteiger partial charge < -0.3 is 9.32 Å². The maximum absolute atomic E-state index is 6.47. The summed E-state index contributed by atoms with van der Waals surface area (Å²) in [6.07, 6.45) is 8.55. The van der Waals surface area contributed by atoms with Gasteiger partial charge in [0.15, 0.2) is 0 Å². The van der Waals surface area contributed by atoms with Gasteiger partial charge in [0, 0.05) is 34.0 Å². The minimum absolute atomic E-state index is 0.127. The first kappa shape index (κ1) is 21.5. The third-order valence-electron chi connectivity index (χ3n) is 9.12. The lowest BCUT2D eigenvalue weighted by atomic mass is 9.97. The van der Waals surface area contributed by atoms with Crippen molar-refractivity contribution in [1.29, 1.82) is 0 Å². The highest BCUT2D eigenvalue weighted by Crippen LogP contribution is 2.49. The van der Waals surface area contributed by atoms with Gasteiger partial charge in [0.1, 0.15) is 22.7 Å². The van der Waals surface area contributed by atoms with Crippen molar-refractivity contribution < 1.29 is 4.42 Å². The van der Waals surface area contributed by atoms with E-state index in [0.29, 0.717) is 0 Å². The standard InChI is InChI=1S/C37H23N3O/c1-39-31-15-5-4-14-30(31)38-35-26-13-7-12-25-27-20-34-29(19-32(27)40(36(25)26)37(35)39)28-18-22(16-17-33(28)41-34)24-11-6-9-21-8-2-3-10-23(21)24/h2-20,31H,1H3. The SMILES string of the molecule is CN1c2c(c3cccc4c5cc6oc7ccc(-c8cccc9ccccc89)cc7c6cc5n2c34)N=C2C=CC=CC21. The van der Waals surface area contributed by atoms with Gasteiger partial charge in [-0.15, -0.1) is 0 Å². The molecule has 4 nitrogen and oxygen atoms in total. The van der Waals surface area contributed by atoms with Crippen molar-refractivity contribution in [1.82, 2.24) is 4.40 Å². The van der Waals surface area contributed by atoms with Crippen LogP contribution < -0.4 is 4.90 Å². The van der Waals surface area contributed by atoms with Crippen LogP contribution in [0.15, 0.2) is 125 Å². The molecule has 0 fully saturated rings. The Balaban J connectivity index is 1.29. The molecule has 0 N–H and O–H groups in total. The van der Waals surface area contributed by atoms with E-state index in [0.717, 1.165) is 39.2 Å². The number of aliphatic imine (C=N–C) groups is 1. The van der Waals surface area contributed by atoms with Crippen molar-refractivity contribution in [2.45, 2.75) is 6.04 Å². The van der Waals surface area contributed by atoms with Crippen LogP contribution in [0.25, 0.3) is 71.0 Å². The second-order valence-corrected chi connectivity index (χ2v) is 11.3. The molecule has 8 aromatic rings. The fourth-order valence-corrected chi connectivity index (χ4v) is 7.26. The van der Waals surface area contributed by atoms with Gasteiger partial charge >= 0.3 is 0 Å². The molecule has 0 radical (unpaired) electrons. The van der Waals surface area contributed by atoms with Crippen molar-refractivity contribution in [3.63, 3.8) is 0 Å². The maximum atomic E-state index is 6.47. The molecule has 192 valence electrons. The summed E-state index contributed by atoms with van der Waals surface area (Å²) in [7, 11) is 2.18. The van der Waals surface area contributed by atoms with Crippen LogP contribution in [0.4, 0.5) is 11.5 Å². The molecule has 0 spiro atoms. The molecule has 0 saturated heterocycles. The van der Waals surface area contributed by atoms with Crippen LogP contribution in [0.5, 0.6) is 0 Å². The molecule has 3 aromatic heterocycles. The zero-order chi connectivity index (χ0) is 26.8. The third kappa shape index (κ3) is 2.67. The van der Waals surface area contributed by atoms with Crippen LogP contribution in [0.2, 0.25) is 0 Å². The van der Waals surface area contributed by atoms with E-state index in [1.165, 1.54) is 49.1 Å². The monoisotopic (exact) mass is 525 g/mol. The number of allylic oxidation sites excluding steroid dienone is 2. The summed E-state index contributed by atoms with van der Waals surface area (Å²) in [5, 5.41) is 8.40. The number of hydrogen-bond donors (Lipinski definition) is 0. The van der Waals surface area contributed by atoms with Crippen LogP contribution in [0.3, 0.4) is 0 Å². The van der Waals surface area contributed by atoms with E-state index in [9.17, 15) is 0 Å². The summed E-state index contributed by atoms with van der Waals surface area (Å²) in [4.78, 5) is 7.55. The van der Waals surface area contributed by atoms with Gasteiger partial charge in [0.2, 0.25) is 0 Å². The van der Waals surface area contributed by atoms with Crippen LogP contribution in [0.1, 0.15) is 0 Å². The Hall–Kier alpha value is -5.35. The highest BCUT2D eigenvalue weighted by Gasteiger charge is 2.32. The Kier molecular flexibility index (Phi) is 3.89. The topological polar surface area (TPSA) is 33.2 Å². The highest BCUT2D eigenvalue weighted by molar-refractivity contribution is 6.24. The normalized spacial score (nSPS) is 16.6. The zero-order valence-electron chi connectivity index (χ0n) is 22.3. The van der Waals surface area contributed by atoms with Crippen molar-refractivity contribution in [3.8, 4) is 11.1 Å². The van der Waals surface area contributed by atoms with Gasteiger partial charge in [-0.1, -0.05) is 85.0 Å². The first-order valence-electron chi connectivity index (χ1n) is 14.1. The molecule has 1 unspecified atom stereocenters. The van der Waals surface area contributed by atoms with Gasteiger partial charge in [0.05, 0.1) is 22.8 Å². The lowest BCUT2D eigenvalue weighted by Crippen LogP contribution is -2.39. The number of hydrogen-bond acceptors (Lipinski definition) is 3. The Morgan fingerprint density at radius 2 is 1.54 bits per heavy atom. The summed E-state index contributed by atoms with van der Waals surface area (Å²) in [6, 6.07) is 33.0. The summed E-state index contributed by atoms with van der Waals surface area (Å²) < 4.78 is 8.90. The number of para-hydroxylation sites is 1. The Morgan fingerprint density at radius 1 is 0.707 bits per heavy atom. The predicted octanol–water partition coefficient (Wildman–Crippen LogP) is 9.42. The van der Waals surface area contributed by atoms with Crippen molar-refractivity contribution in [2.75, 3.05) is 11.9 Å². The molecule has 0 amide bonds. The highest BCUT2D eigenvalue weighted by atomic mass is 16.3. The molecule has 10 rings (SSSR count). The van der Waals surface area contributed by atoms with Gasteiger partial charge in [0.25, 0.3) is 0 Å². The number of furan rings is 1. The first-order valence-corrected chi connectivity index (χ1v) is 14.1. The average molecular weight is 526 g/mol. The summed E-state index contributed by atoms with van der Waals surface area (Å²) in [5.41, 5.74) is 8.80. The quantitative estimate of drug-likeness (QED) is 0.214. The number of benzene rings is 5. The summed E-state index contributed by atoms with van der Waals surface area (Å²) >= 11 is 0. The number of anilines is 1. The minimum Gasteiger partial charge on any atom is -0.456 e. The van der Waals surface area contributed by atoms with E-state index in [-0.39, 0.29) is 6.04 Å². The van der Waals surface area contributed by atoms with E-state index in [1.807, 2.05) is 0 Å². The lowest BCUT2D eigenvalue weighted by Gasteiger charge is -2.32. The number of rotatable bonds is 1. The summed E-state index contributed by atoms with van der Waals surface area (Å²) in [5.74, 6) is 1.14. The molecule has 1 aliphatic carbocycles. The van der Waals surface area contributed by atoms with Crippen molar-refractivity contribution in [2.24, 2.45) is 4.99 Å². The minimum atomic E-state index is 0.127. The molecular weight excluding hydrogens is 502 g/mol. The molecular formula is C37H23N3O. The van der Waals surface area contributed by atoms with Crippen molar-refractivity contribution in [3.05, 3.63) is 115 Å². The molecule has 0 bridgehead atoms. The Morgan fingerprint density at radius 3 is 2.51 bits per heavy atom. The number of fused-ring (bicyclic) bond motifs is 11. The van der Waals surface area contributed by atoms with Crippen LogP contribution in [0, 0.1) is 0 Å². The smallest absolute Gasteiger partial charge is 0.141 e. The molecule has 0 saturated carbocycles. The molecule has 41 heavy (non-hydrogen) atoms. The number of aromatic nitrogens is 1. The molecule has 2 aliphatic rings. The molecule has 5 aromatic carbocycles. The fraction of sp³-hybridized carbons (Fsp3) is 0.0541. The Bertz CT molecular complexity index is 2500. The van der Waals surface area contributed by atoms with E-state index in [1.54, 1.807) is 0 Å². The average Bonchev–Trinajstić information content (AvgIpc) is 3.66. The van der Waals surface area contributed by atoms with Crippen LogP contribution in [-0.2, 0) is 0 Å². The molecule has 1 atom stereocenters. The van der Waals surface area contributed by atoms with E-state index in [4.69, 9.17) is 9.41 Å². The van der Waals surface area contributed by atoms with Crippen molar-refractivity contribution >= 4 is 77.1 Å². The van der Waals surface area contributed by atoms with Gasteiger partial charge in [-0.05, 0) is 52.2 Å². The maximum Gasteiger partial charge on any atom is 0.141 e. The summed E-state index contributed by atoms with van der Waals surface area (Å²) in [6.45, 7) is 0. The molecule has 4 heteroatoms. The van der Waals surface area contributed by atoms with Crippen LogP contribution in [-0.4, -0.2) is 23.2 Å². The number of likely N-dealkylation sites (N-methyl/N-ethyl adjacent to an activating group) is 1. The second-order valence-electron chi connectivity index (χ2n) is 11.3. The lowest BCUT2D eigenvalue weighted by molar-refractivity contribution is 0.669. The Labute approximate surface area is 235 Å². The molecule has 4 heterocycles. The predicted molar refractivity (Wildman–Crippen MR) is 171 cm³/mol. The zero-order valence-corrected chi connectivity index (χ0v) is 22.3. The van der Waals surface area contributed by atoms with Gasteiger partial charge in [-0.25, -0.2) is 4.99 Å². The van der Waals surface area contributed by atoms with Gasteiger partial charge in [-0.3, -0.25) is 4.40 Å². The van der Waals surface area contributed by atoms with Gasteiger partial charge in [-0.2, -0.15) is 0 Å². The fourth-order valence-electron chi connectivity index (χ4n) is 7.26. The second kappa shape index (κ2) is 7.43. The molecule has 1 aliphatic heterocycles. The first-order chi connectivity index (χ1) is 20.2. The van der Waals surface area contributed by atoms with E-state index < -0.39 is 0 Å². The van der Waals surface area contributed by atoms with E-state index in [2.05, 4.69) is 132 Å². The van der Waals surface area contributed by atoms with E-state index >= 15 is 0 Å².